The van der Waals surface area contributed by atoms with E-state index in [0.29, 0.717) is 6.04 Å². The van der Waals surface area contributed by atoms with E-state index >= 15 is 0 Å². The van der Waals surface area contributed by atoms with Crippen molar-refractivity contribution < 1.29 is 0 Å². The number of rotatable bonds is 4. The van der Waals surface area contributed by atoms with E-state index in [-0.39, 0.29) is 5.41 Å². The van der Waals surface area contributed by atoms with Crippen molar-refractivity contribution in [2.75, 3.05) is 0 Å². The number of nitrogens with zero attached hydrogens (tertiary/aromatic N) is 4. The highest BCUT2D eigenvalue weighted by Gasteiger charge is 2.25. The molecule has 0 saturated carbocycles. The van der Waals surface area contributed by atoms with Crippen molar-refractivity contribution >= 4 is 0 Å². The molecule has 2 heterocycles. The summed E-state index contributed by atoms with van der Waals surface area (Å²) in [7, 11) is 2.04. The van der Waals surface area contributed by atoms with Gasteiger partial charge in [-0.1, -0.05) is 32.9 Å². The van der Waals surface area contributed by atoms with E-state index in [1.807, 2.05) is 25.6 Å². The fraction of sp³-hybridized carbons (Fsp3) is 0.455. The maximum absolute atomic E-state index is 4.73. The number of nitrogens with one attached hydrogen (secondary N) is 1. The van der Waals surface area contributed by atoms with Gasteiger partial charge in [0.2, 0.25) is 0 Å². The van der Waals surface area contributed by atoms with Crippen LogP contribution >= 0.6 is 0 Å². The molecule has 0 fully saturated rings. The number of benzene rings is 1. The first-order valence-electron chi connectivity index (χ1n) is 9.81. The van der Waals surface area contributed by atoms with Gasteiger partial charge in [0.1, 0.15) is 5.82 Å². The fourth-order valence-corrected chi connectivity index (χ4v) is 3.88. The van der Waals surface area contributed by atoms with Crippen LogP contribution in [0.2, 0.25) is 0 Å². The van der Waals surface area contributed by atoms with Gasteiger partial charge in [0.05, 0.1) is 18.4 Å². The molecule has 0 saturated heterocycles. The Morgan fingerprint density at radius 2 is 1.96 bits per heavy atom. The molecule has 0 bridgehead atoms. The van der Waals surface area contributed by atoms with Crippen molar-refractivity contribution in [3.63, 3.8) is 0 Å². The molecule has 5 heteroatoms. The van der Waals surface area contributed by atoms with Gasteiger partial charge in [-0.05, 0) is 42.4 Å². The van der Waals surface area contributed by atoms with E-state index in [1.165, 1.54) is 23.2 Å². The number of hydrogen-bond acceptors (Lipinski definition) is 3. The van der Waals surface area contributed by atoms with E-state index in [9.17, 15) is 0 Å². The van der Waals surface area contributed by atoms with Crippen molar-refractivity contribution in [2.45, 2.75) is 58.0 Å². The summed E-state index contributed by atoms with van der Waals surface area (Å²) in [5.74, 6) is 1.06. The predicted octanol–water partition coefficient (Wildman–Crippen LogP) is 4.07. The largest absolute Gasteiger partial charge is 0.337 e. The van der Waals surface area contributed by atoms with Crippen LogP contribution in [0.25, 0.3) is 5.69 Å². The lowest BCUT2D eigenvalue weighted by Crippen LogP contribution is -2.26. The summed E-state index contributed by atoms with van der Waals surface area (Å²) < 4.78 is 4.19. The smallest absolute Gasteiger partial charge is 0.122 e. The minimum Gasteiger partial charge on any atom is -0.337 e. The van der Waals surface area contributed by atoms with Crippen LogP contribution in [0.1, 0.15) is 62.3 Å². The predicted molar refractivity (Wildman–Crippen MR) is 108 cm³/mol. The van der Waals surface area contributed by atoms with Crippen LogP contribution in [0.15, 0.2) is 42.9 Å². The van der Waals surface area contributed by atoms with E-state index in [2.05, 4.69) is 64.6 Å². The lowest BCUT2D eigenvalue weighted by atomic mass is 9.87. The fourth-order valence-electron chi connectivity index (χ4n) is 3.88. The minimum atomic E-state index is 0.169. The molecule has 2 aromatic heterocycles. The van der Waals surface area contributed by atoms with Crippen LogP contribution in [0.4, 0.5) is 0 Å². The van der Waals surface area contributed by atoms with E-state index in [4.69, 9.17) is 5.10 Å². The first-order valence-corrected chi connectivity index (χ1v) is 9.81. The van der Waals surface area contributed by atoms with Gasteiger partial charge in [-0.25, -0.2) is 9.67 Å². The zero-order chi connectivity index (χ0) is 19.0. The maximum atomic E-state index is 4.73. The van der Waals surface area contributed by atoms with Crippen molar-refractivity contribution in [3.05, 3.63) is 65.5 Å². The Labute approximate surface area is 161 Å². The first-order chi connectivity index (χ1) is 12.9. The maximum Gasteiger partial charge on any atom is 0.122 e. The molecule has 1 atom stereocenters. The number of hydrogen-bond donors (Lipinski definition) is 1. The molecule has 1 aromatic carbocycles. The van der Waals surface area contributed by atoms with Crippen LogP contribution in [-0.4, -0.2) is 19.3 Å². The second kappa shape index (κ2) is 6.97. The summed E-state index contributed by atoms with van der Waals surface area (Å²) in [4.78, 5) is 4.42. The lowest BCUT2D eigenvalue weighted by Gasteiger charge is -2.24. The Morgan fingerprint density at radius 1 is 1.19 bits per heavy atom. The Morgan fingerprint density at radius 3 is 2.63 bits per heavy atom. The topological polar surface area (TPSA) is 47.7 Å². The van der Waals surface area contributed by atoms with Crippen molar-refractivity contribution in [1.82, 2.24) is 24.6 Å². The summed E-state index contributed by atoms with van der Waals surface area (Å²) in [5, 5.41) is 8.41. The molecule has 3 aromatic rings. The van der Waals surface area contributed by atoms with Gasteiger partial charge < -0.3 is 9.88 Å². The van der Waals surface area contributed by atoms with Crippen molar-refractivity contribution in [2.24, 2.45) is 7.05 Å². The average molecular weight is 364 g/mol. The van der Waals surface area contributed by atoms with Crippen molar-refractivity contribution in [1.29, 1.82) is 0 Å². The molecule has 0 spiro atoms. The summed E-state index contributed by atoms with van der Waals surface area (Å²) in [5.41, 5.74) is 5.33. The normalized spacial score (nSPS) is 17.1. The SMILES string of the molecule is Cn1ccnc1CNC1CCCc2c1cnn2-c1ccc(C(C)(C)C)cc1. The quantitative estimate of drug-likeness (QED) is 0.760. The highest BCUT2D eigenvalue weighted by molar-refractivity contribution is 5.40. The molecule has 142 valence electrons. The molecule has 4 rings (SSSR count). The third-order valence-corrected chi connectivity index (χ3v) is 5.59. The highest BCUT2D eigenvalue weighted by Crippen LogP contribution is 2.32. The van der Waals surface area contributed by atoms with Crippen LogP contribution in [0.5, 0.6) is 0 Å². The third-order valence-electron chi connectivity index (χ3n) is 5.59. The van der Waals surface area contributed by atoms with Crippen LogP contribution in [-0.2, 0) is 25.4 Å². The van der Waals surface area contributed by atoms with Gasteiger partial charge in [0.15, 0.2) is 0 Å². The summed E-state index contributed by atoms with van der Waals surface area (Å²) in [6, 6.07) is 9.18. The number of aromatic nitrogens is 4. The molecule has 1 aliphatic carbocycles. The molecule has 0 amide bonds. The summed E-state index contributed by atoms with van der Waals surface area (Å²) >= 11 is 0. The van der Waals surface area contributed by atoms with Crippen LogP contribution < -0.4 is 5.32 Å². The molecule has 1 N–H and O–H groups in total. The standard InChI is InChI=1S/C22H29N5/c1-22(2,3)16-8-10-17(11-9-16)27-20-7-5-6-19(18(20)14-25-27)24-15-21-23-12-13-26(21)4/h8-14,19,24H,5-7,15H2,1-4H3. The number of aryl methyl sites for hydroxylation is 1. The second-order valence-corrected chi connectivity index (χ2v) is 8.54. The summed E-state index contributed by atoms with van der Waals surface area (Å²) in [6.07, 6.45) is 9.29. The molecular weight excluding hydrogens is 334 g/mol. The molecular formula is C22H29N5. The Kier molecular flexibility index (Phi) is 4.64. The Bertz CT molecular complexity index is 911. The molecule has 0 radical (unpaired) electrons. The van der Waals surface area contributed by atoms with E-state index in [0.717, 1.165) is 30.9 Å². The van der Waals surface area contributed by atoms with Gasteiger partial charge in [0, 0.05) is 36.7 Å². The number of imidazole rings is 1. The first kappa shape index (κ1) is 18.0. The number of fused-ring (bicyclic) bond motifs is 1. The van der Waals surface area contributed by atoms with Crippen LogP contribution in [0.3, 0.4) is 0 Å². The monoisotopic (exact) mass is 363 g/mol. The van der Waals surface area contributed by atoms with Gasteiger partial charge in [-0.2, -0.15) is 5.10 Å². The van der Waals surface area contributed by atoms with Gasteiger partial charge >= 0.3 is 0 Å². The van der Waals surface area contributed by atoms with E-state index < -0.39 is 0 Å². The Hall–Kier alpha value is -2.40. The average Bonchev–Trinajstić information content (AvgIpc) is 3.25. The van der Waals surface area contributed by atoms with Gasteiger partial charge in [-0.3, -0.25) is 0 Å². The second-order valence-electron chi connectivity index (χ2n) is 8.54. The van der Waals surface area contributed by atoms with Gasteiger partial charge in [-0.15, -0.1) is 0 Å². The zero-order valence-corrected chi connectivity index (χ0v) is 16.7. The Balaban J connectivity index is 1.56. The minimum absolute atomic E-state index is 0.169. The molecule has 1 aliphatic rings. The molecule has 0 aliphatic heterocycles. The van der Waals surface area contributed by atoms with Gasteiger partial charge in [0.25, 0.3) is 0 Å². The van der Waals surface area contributed by atoms with Crippen LogP contribution in [0, 0.1) is 0 Å². The lowest BCUT2D eigenvalue weighted by molar-refractivity contribution is 0.445. The molecule has 5 nitrogen and oxygen atoms in total. The third kappa shape index (κ3) is 3.56. The summed E-state index contributed by atoms with van der Waals surface area (Å²) in [6.45, 7) is 7.51. The molecule has 27 heavy (non-hydrogen) atoms. The highest BCUT2D eigenvalue weighted by atomic mass is 15.3. The zero-order valence-electron chi connectivity index (χ0n) is 16.7. The molecule has 1 unspecified atom stereocenters. The van der Waals surface area contributed by atoms with E-state index in [1.54, 1.807) is 0 Å². The van der Waals surface area contributed by atoms with Crippen molar-refractivity contribution in [3.8, 4) is 5.69 Å².